The van der Waals surface area contributed by atoms with Crippen molar-refractivity contribution in [3.8, 4) is 11.6 Å². The molecule has 1 aromatic heterocycles. The van der Waals surface area contributed by atoms with Gasteiger partial charge in [-0.3, -0.25) is 0 Å². The highest BCUT2D eigenvalue weighted by molar-refractivity contribution is 5.34. The SMILES string of the molecule is COCc1cccc(Oc2ncccc2CC(C)N)c1. The lowest BCUT2D eigenvalue weighted by Crippen LogP contribution is -2.18. The maximum absolute atomic E-state index is 5.88. The number of nitrogens with two attached hydrogens (primary N) is 1. The summed E-state index contributed by atoms with van der Waals surface area (Å²) in [6.07, 6.45) is 2.46. The van der Waals surface area contributed by atoms with Crippen molar-refractivity contribution in [1.82, 2.24) is 4.98 Å². The van der Waals surface area contributed by atoms with Crippen LogP contribution < -0.4 is 10.5 Å². The Balaban J connectivity index is 2.19. The number of hydrogen-bond acceptors (Lipinski definition) is 4. The van der Waals surface area contributed by atoms with E-state index in [-0.39, 0.29) is 6.04 Å². The molecule has 4 nitrogen and oxygen atoms in total. The predicted molar refractivity (Wildman–Crippen MR) is 78.8 cm³/mol. The van der Waals surface area contributed by atoms with E-state index in [4.69, 9.17) is 15.2 Å². The van der Waals surface area contributed by atoms with Gasteiger partial charge in [0.2, 0.25) is 5.88 Å². The fraction of sp³-hybridized carbons (Fsp3) is 0.312. The average molecular weight is 272 g/mol. The van der Waals surface area contributed by atoms with Gasteiger partial charge in [-0.15, -0.1) is 0 Å². The summed E-state index contributed by atoms with van der Waals surface area (Å²) in [6.45, 7) is 2.53. The highest BCUT2D eigenvalue weighted by Gasteiger charge is 2.08. The third-order valence-corrected chi connectivity index (χ3v) is 2.82. The molecule has 0 amide bonds. The van der Waals surface area contributed by atoms with Gasteiger partial charge in [0.15, 0.2) is 0 Å². The van der Waals surface area contributed by atoms with Crippen molar-refractivity contribution in [2.45, 2.75) is 26.0 Å². The Hall–Kier alpha value is -1.91. The Kier molecular flexibility index (Phi) is 5.09. The van der Waals surface area contributed by atoms with E-state index in [9.17, 15) is 0 Å². The van der Waals surface area contributed by atoms with Crippen LogP contribution in [0.5, 0.6) is 11.6 Å². The lowest BCUT2D eigenvalue weighted by Gasteiger charge is -2.12. The lowest BCUT2D eigenvalue weighted by molar-refractivity contribution is 0.184. The zero-order valence-electron chi connectivity index (χ0n) is 11.9. The van der Waals surface area contributed by atoms with Crippen LogP contribution in [0.15, 0.2) is 42.6 Å². The minimum Gasteiger partial charge on any atom is -0.439 e. The fourth-order valence-corrected chi connectivity index (χ4v) is 2.00. The summed E-state index contributed by atoms with van der Waals surface area (Å²) in [5.41, 5.74) is 7.93. The zero-order chi connectivity index (χ0) is 14.4. The molecular formula is C16H20N2O2. The van der Waals surface area contributed by atoms with E-state index in [0.29, 0.717) is 12.5 Å². The molecule has 0 spiro atoms. The number of ether oxygens (including phenoxy) is 2. The molecule has 0 radical (unpaired) electrons. The van der Waals surface area contributed by atoms with Crippen LogP contribution in [0.1, 0.15) is 18.1 Å². The zero-order valence-corrected chi connectivity index (χ0v) is 11.9. The van der Waals surface area contributed by atoms with Crippen LogP contribution in [0.25, 0.3) is 0 Å². The van der Waals surface area contributed by atoms with Crippen LogP contribution in [0.3, 0.4) is 0 Å². The van der Waals surface area contributed by atoms with Gasteiger partial charge in [-0.05, 0) is 37.1 Å². The van der Waals surface area contributed by atoms with E-state index in [0.717, 1.165) is 23.3 Å². The van der Waals surface area contributed by atoms with Gasteiger partial charge in [0, 0.05) is 24.9 Å². The Bertz CT molecular complexity index is 556. The summed E-state index contributed by atoms with van der Waals surface area (Å²) >= 11 is 0. The minimum absolute atomic E-state index is 0.0707. The lowest BCUT2D eigenvalue weighted by atomic mass is 10.1. The van der Waals surface area contributed by atoms with E-state index >= 15 is 0 Å². The van der Waals surface area contributed by atoms with Gasteiger partial charge in [-0.1, -0.05) is 18.2 Å². The minimum atomic E-state index is 0.0707. The van der Waals surface area contributed by atoms with Gasteiger partial charge >= 0.3 is 0 Å². The van der Waals surface area contributed by atoms with Crippen LogP contribution >= 0.6 is 0 Å². The van der Waals surface area contributed by atoms with Crippen molar-refractivity contribution in [1.29, 1.82) is 0 Å². The predicted octanol–water partition coefficient (Wildman–Crippen LogP) is 2.91. The summed E-state index contributed by atoms with van der Waals surface area (Å²) in [4.78, 5) is 4.29. The first-order valence-corrected chi connectivity index (χ1v) is 6.64. The summed E-state index contributed by atoms with van der Waals surface area (Å²) in [5, 5.41) is 0. The van der Waals surface area contributed by atoms with E-state index in [1.807, 2.05) is 43.3 Å². The van der Waals surface area contributed by atoms with Crippen LogP contribution in [0.2, 0.25) is 0 Å². The topological polar surface area (TPSA) is 57.4 Å². The molecule has 0 saturated heterocycles. The van der Waals surface area contributed by atoms with Crippen molar-refractivity contribution in [3.63, 3.8) is 0 Å². The van der Waals surface area contributed by atoms with E-state index in [2.05, 4.69) is 4.98 Å². The molecule has 0 aliphatic carbocycles. The van der Waals surface area contributed by atoms with Gasteiger partial charge in [0.1, 0.15) is 5.75 Å². The standard InChI is InChI=1S/C16H20N2O2/c1-12(17)9-14-6-4-8-18-16(14)20-15-7-3-5-13(10-15)11-19-2/h3-8,10,12H,9,11,17H2,1-2H3. The number of nitrogens with zero attached hydrogens (tertiary/aromatic N) is 1. The molecular weight excluding hydrogens is 252 g/mol. The van der Waals surface area contributed by atoms with Crippen molar-refractivity contribution >= 4 is 0 Å². The number of benzene rings is 1. The highest BCUT2D eigenvalue weighted by atomic mass is 16.5. The Labute approximate surface area is 119 Å². The number of pyridine rings is 1. The quantitative estimate of drug-likeness (QED) is 0.878. The molecule has 1 atom stereocenters. The van der Waals surface area contributed by atoms with E-state index < -0.39 is 0 Å². The normalized spacial score (nSPS) is 12.2. The molecule has 0 bridgehead atoms. The Morgan fingerprint density at radius 3 is 2.85 bits per heavy atom. The molecule has 1 unspecified atom stereocenters. The molecule has 2 N–H and O–H groups in total. The molecule has 0 aliphatic rings. The van der Waals surface area contributed by atoms with Crippen molar-refractivity contribution in [2.75, 3.05) is 7.11 Å². The van der Waals surface area contributed by atoms with Crippen LogP contribution in [0.4, 0.5) is 0 Å². The maximum atomic E-state index is 5.88. The van der Waals surface area contributed by atoms with Crippen LogP contribution in [-0.4, -0.2) is 18.1 Å². The van der Waals surface area contributed by atoms with Crippen LogP contribution in [-0.2, 0) is 17.8 Å². The smallest absolute Gasteiger partial charge is 0.222 e. The van der Waals surface area contributed by atoms with Crippen molar-refractivity contribution in [2.24, 2.45) is 5.73 Å². The number of rotatable bonds is 6. The molecule has 1 aromatic carbocycles. The second kappa shape index (κ2) is 7.03. The van der Waals surface area contributed by atoms with Gasteiger partial charge < -0.3 is 15.2 Å². The second-order valence-corrected chi connectivity index (χ2v) is 4.83. The largest absolute Gasteiger partial charge is 0.439 e. The molecule has 0 aliphatic heterocycles. The molecule has 4 heteroatoms. The fourth-order valence-electron chi connectivity index (χ4n) is 2.00. The molecule has 2 aromatic rings. The van der Waals surface area contributed by atoms with Crippen molar-refractivity contribution < 1.29 is 9.47 Å². The molecule has 0 saturated carbocycles. The summed E-state index contributed by atoms with van der Waals surface area (Å²) < 4.78 is 11.0. The first kappa shape index (κ1) is 14.5. The molecule has 106 valence electrons. The van der Waals surface area contributed by atoms with Gasteiger partial charge in [0.25, 0.3) is 0 Å². The van der Waals surface area contributed by atoms with Crippen LogP contribution in [0, 0.1) is 0 Å². The third kappa shape index (κ3) is 4.05. The summed E-state index contributed by atoms with van der Waals surface area (Å²) in [7, 11) is 1.67. The van der Waals surface area contributed by atoms with E-state index in [1.165, 1.54) is 0 Å². The third-order valence-electron chi connectivity index (χ3n) is 2.82. The number of methoxy groups -OCH3 is 1. The monoisotopic (exact) mass is 272 g/mol. The molecule has 0 fully saturated rings. The van der Waals surface area contributed by atoms with Crippen molar-refractivity contribution in [3.05, 3.63) is 53.7 Å². The maximum Gasteiger partial charge on any atom is 0.222 e. The summed E-state index contributed by atoms with van der Waals surface area (Å²) in [5.74, 6) is 1.36. The summed E-state index contributed by atoms with van der Waals surface area (Å²) in [6, 6.07) is 11.8. The molecule has 20 heavy (non-hydrogen) atoms. The van der Waals surface area contributed by atoms with Gasteiger partial charge in [0.05, 0.1) is 6.61 Å². The molecule has 1 heterocycles. The second-order valence-electron chi connectivity index (χ2n) is 4.83. The molecule has 2 rings (SSSR count). The Morgan fingerprint density at radius 2 is 2.10 bits per heavy atom. The number of hydrogen-bond donors (Lipinski definition) is 1. The number of aromatic nitrogens is 1. The van der Waals surface area contributed by atoms with E-state index in [1.54, 1.807) is 13.3 Å². The Morgan fingerprint density at radius 1 is 1.25 bits per heavy atom. The highest BCUT2D eigenvalue weighted by Crippen LogP contribution is 2.24. The van der Waals surface area contributed by atoms with Gasteiger partial charge in [-0.25, -0.2) is 4.98 Å². The average Bonchev–Trinajstić information content (AvgIpc) is 2.41. The van der Waals surface area contributed by atoms with Gasteiger partial charge in [-0.2, -0.15) is 0 Å². The first-order chi connectivity index (χ1) is 9.69. The first-order valence-electron chi connectivity index (χ1n) is 6.64.